The molecule has 0 saturated carbocycles. The SMILES string of the molecule is CC.CC.CC.CC.CC.CC.c1ccc2cnncc2c1.c1ccc2nnccc2c1.c1cnc2cnccc2c1.c1cnc2ncccc2c1.c1cnc2nccnc2c1.c1cnc2ncncc2c1. The van der Waals surface area contributed by atoms with Crippen molar-refractivity contribution in [3.63, 3.8) is 0 Å². The summed E-state index contributed by atoms with van der Waals surface area (Å²) in [6.07, 6.45) is 24.0. The standard InChI is InChI=1S/4C8H6N2.2C7H5N3.6C2H6/c1-3-7-4-2-6-10-8(7)9-5-1;1-2-7-3-5-9-6-8(7)10-4-1;1-2-4-8-6-10-9-5-7(8)3-1;1-2-4-8-7(3-1)5-6-9-10-8;1-2-6-4-8-5-10-7(6)9-3-1;1-2-6-7(9-3-1)10-5-4-8-6;6*1-2/h4*1-6H;2*1-5H;6*1-2H3. The quantitative estimate of drug-likeness (QED) is 0.140. The highest BCUT2D eigenvalue weighted by molar-refractivity contribution is 5.80. The number of rotatable bonds is 0. The van der Waals surface area contributed by atoms with Gasteiger partial charge in [-0.1, -0.05) is 132 Å². The zero-order chi connectivity index (χ0) is 52.9. The zero-order valence-corrected chi connectivity index (χ0v) is 43.9. The van der Waals surface area contributed by atoms with Gasteiger partial charge in [0.2, 0.25) is 0 Å². The number of fused-ring (bicyclic) bond motifs is 6. The fourth-order valence-electron chi connectivity index (χ4n) is 5.32. The van der Waals surface area contributed by atoms with Crippen LogP contribution in [0.3, 0.4) is 0 Å². The van der Waals surface area contributed by atoms with E-state index >= 15 is 0 Å². The van der Waals surface area contributed by atoms with Crippen LogP contribution in [0.15, 0.2) is 208 Å². The highest BCUT2D eigenvalue weighted by atomic mass is 15.1. The first kappa shape index (κ1) is 61.2. The summed E-state index contributed by atoms with van der Waals surface area (Å²) in [5.74, 6) is 0. The molecule has 0 saturated heterocycles. The van der Waals surface area contributed by atoms with Crippen molar-refractivity contribution in [3.05, 3.63) is 208 Å². The van der Waals surface area contributed by atoms with Gasteiger partial charge in [-0.25, -0.2) is 34.9 Å². The molecule has 14 heteroatoms. The third kappa shape index (κ3) is 22.6. The Labute approximate surface area is 425 Å². The molecule has 0 radical (unpaired) electrons. The maximum atomic E-state index is 4.12. The van der Waals surface area contributed by atoms with E-state index in [4.69, 9.17) is 0 Å². The second-order valence-corrected chi connectivity index (χ2v) is 12.2. The molecule has 0 spiro atoms. The summed E-state index contributed by atoms with van der Waals surface area (Å²) in [7, 11) is 0. The summed E-state index contributed by atoms with van der Waals surface area (Å²) in [5.41, 5.74) is 4.99. The molecule has 12 aromatic rings. The van der Waals surface area contributed by atoms with Crippen LogP contribution in [-0.2, 0) is 0 Å². The molecule has 372 valence electrons. The van der Waals surface area contributed by atoms with Crippen molar-refractivity contribution >= 4 is 65.8 Å². The molecule has 72 heavy (non-hydrogen) atoms. The predicted octanol–water partition coefficient (Wildman–Crippen LogP) is 14.7. The first-order valence-electron chi connectivity index (χ1n) is 24.4. The summed E-state index contributed by atoms with van der Waals surface area (Å²) < 4.78 is 0. The fraction of sp³-hybridized carbons (Fsp3) is 0.207. The van der Waals surface area contributed by atoms with E-state index < -0.39 is 0 Å². The molecule has 0 atom stereocenters. The van der Waals surface area contributed by atoms with Crippen molar-refractivity contribution in [3.8, 4) is 0 Å². The van der Waals surface area contributed by atoms with Crippen LogP contribution in [0.1, 0.15) is 83.1 Å². The number of hydrogen-bond acceptors (Lipinski definition) is 14. The Bertz CT molecular complexity index is 2230. The lowest BCUT2D eigenvalue weighted by atomic mass is 10.2. The number of pyridine rings is 6. The molecule has 0 aliphatic heterocycles. The predicted molar refractivity (Wildman–Crippen MR) is 301 cm³/mol. The van der Waals surface area contributed by atoms with Crippen molar-refractivity contribution in [2.45, 2.75) is 83.1 Å². The van der Waals surface area contributed by atoms with E-state index in [2.05, 4.69) is 70.2 Å². The average Bonchev–Trinajstić information content (AvgIpc) is 3.51. The molecule has 0 fully saturated rings. The molecule has 10 heterocycles. The summed E-state index contributed by atoms with van der Waals surface area (Å²) >= 11 is 0. The van der Waals surface area contributed by atoms with Crippen LogP contribution in [-0.4, -0.2) is 70.2 Å². The normalized spacial score (nSPS) is 8.83. The summed E-state index contributed by atoms with van der Waals surface area (Å²) in [6, 6.07) is 39.1. The topological polar surface area (TPSA) is 180 Å². The highest BCUT2D eigenvalue weighted by Gasteiger charge is 1.93. The van der Waals surface area contributed by atoms with Gasteiger partial charge in [0.05, 0.1) is 35.8 Å². The third-order valence-corrected chi connectivity index (χ3v) is 8.18. The number of aromatic nitrogens is 14. The Kier molecular flexibility index (Phi) is 35.1. The average molecular weight is 963 g/mol. The van der Waals surface area contributed by atoms with Gasteiger partial charge >= 0.3 is 0 Å². The van der Waals surface area contributed by atoms with Crippen LogP contribution < -0.4 is 0 Å². The van der Waals surface area contributed by atoms with Gasteiger partial charge in [0.25, 0.3) is 0 Å². The van der Waals surface area contributed by atoms with Gasteiger partial charge in [-0.15, -0.1) is 0 Å². The lowest BCUT2D eigenvalue weighted by molar-refractivity contribution is 1.05. The molecule has 0 aliphatic rings. The van der Waals surface area contributed by atoms with Gasteiger partial charge in [-0.2, -0.15) is 20.4 Å². The zero-order valence-electron chi connectivity index (χ0n) is 43.9. The third-order valence-electron chi connectivity index (χ3n) is 8.18. The monoisotopic (exact) mass is 963 g/mol. The van der Waals surface area contributed by atoms with Crippen molar-refractivity contribution in [2.24, 2.45) is 0 Å². The van der Waals surface area contributed by atoms with Crippen LogP contribution in [0.4, 0.5) is 0 Å². The lowest BCUT2D eigenvalue weighted by Crippen LogP contribution is -1.83. The smallest absolute Gasteiger partial charge is 0.178 e. The van der Waals surface area contributed by atoms with Gasteiger partial charge in [-0.3, -0.25) is 15.0 Å². The Morgan fingerprint density at radius 3 is 1.21 bits per heavy atom. The van der Waals surface area contributed by atoms with Crippen molar-refractivity contribution < 1.29 is 0 Å². The highest BCUT2D eigenvalue weighted by Crippen LogP contribution is 2.10. The van der Waals surface area contributed by atoms with Crippen LogP contribution in [0.2, 0.25) is 0 Å². The fourth-order valence-corrected chi connectivity index (χ4v) is 5.32. The minimum Gasteiger partial charge on any atom is -0.262 e. The van der Waals surface area contributed by atoms with E-state index in [9.17, 15) is 0 Å². The maximum Gasteiger partial charge on any atom is 0.178 e. The van der Waals surface area contributed by atoms with E-state index in [0.29, 0.717) is 5.65 Å². The Morgan fingerprint density at radius 2 is 0.653 bits per heavy atom. The van der Waals surface area contributed by atoms with Crippen molar-refractivity contribution in [2.75, 3.05) is 0 Å². The molecular weight excluding hydrogens is 893 g/mol. The summed E-state index contributed by atoms with van der Waals surface area (Å²) in [4.78, 5) is 40.1. The first-order valence-corrected chi connectivity index (χ1v) is 24.4. The van der Waals surface area contributed by atoms with Crippen molar-refractivity contribution in [1.29, 1.82) is 0 Å². The lowest BCUT2D eigenvalue weighted by Gasteiger charge is -1.90. The van der Waals surface area contributed by atoms with Gasteiger partial charge in [0.15, 0.2) is 16.9 Å². The molecule has 0 amide bonds. The molecule has 10 aromatic heterocycles. The van der Waals surface area contributed by atoms with E-state index in [1.54, 1.807) is 80.6 Å². The van der Waals surface area contributed by atoms with E-state index in [0.717, 1.165) is 60.2 Å². The summed E-state index contributed by atoms with van der Waals surface area (Å²) in [6.45, 7) is 24.0. The van der Waals surface area contributed by atoms with E-state index in [1.807, 2.05) is 204 Å². The second-order valence-electron chi connectivity index (χ2n) is 12.2. The van der Waals surface area contributed by atoms with E-state index in [-0.39, 0.29) is 0 Å². The summed E-state index contributed by atoms with van der Waals surface area (Å²) in [5, 5.41) is 21.8. The van der Waals surface area contributed by atoms with Crippen LogP contribution in [0.5, 0.6) is 0 Å². The molecular formula is C58H70N14. The molecule has 0 unspecified atom stereocenters. The van der Waals surface area contributed by atoms with Gasteiger partial charge < -0.3 is 0 Å². The van der Waals surface area contributed by atoms with Crippen molar-refractivity contribution in [1.82, 2.24) is 70.2 Å². The van der Waals surface area contributed by atoms with Gasteiger partial charge in [0.1, 0.15) is 11.8 Å². The molecule has 2 aromatic carbocycles. The van der Waals surface area contributed by atoms with Crippen LogP contribution in [0, 0.1) is 0 Å². The molecule has 0 N–H and O–H groups in total. The minimum atomic E-state index is 0.699. The first-order chi connectivity index (χ1) is 35.8. The van der Waals surface area contributed by atoms with Gasteiger partial charge in [0, 0.05) is 88.1 Å². The Morgan fingerprint density at radius 1 is 0.236 bits per heavy atom. The molecule has 0 bridgehead atoms. The number of benzene rings is 2. The largest absolute Gasteiger partial charge is 0.262 e. The number of nitrogens with zero attached hydrogens (tertiary/aromatic N) is 14. The Hall–Kier alpha value is -8.78. The van der Waals surface area contributed by atoms with E-state index in [1.165, 1.54) is 6.33 Å². The minimum absolute atomic E-state index is 0.699. The number of hydrogen-bond donors (Lipinski definition) is 0. The second kappa shape index (κ2) is 41.2. The van der Waals surface area contributed by atoms with Crippen LogP contribution >= 0.6 is 0 Å². The molecule has 0 aliphatic carbocycles. The molecule has 12 rings (SSSR count). The van der Waals surface area contributed by atoms with Crippen LogP contribution in [0.25, 0.3) is 65.8 Å². The van der Waals surface area contributed by atoms with Gasteiger partial charge in [-0.05, 0) is 72.8 Å². The molecule has 14 nitrogen and oxygen atoms in total. The maximum absolute atomic E-state index is 4.12. The Balaban J connectivity index is 0.000000414.